The maximum Gasteiger partial charge on any atom is 0.303 e. The minimum Gasteiger partial charge on any atom is -0.458 e. The van der Waals surface area contributed by atoms with Crippen molar-refractivity contribution in [2.75, 3.05) is 0 Å². The second kappa shape index (κ2) is 7.90. The summed E-state index contributed by atoms with van der Waals surface area (Å²) in [6.07, 6.45) is 4.73. The molecule has 1 N–H and O–H groups in total. The summed E-state index contributed by atoms with van der Waals surface area (Å²) >= 11 is 0. The number of carbonyl (C=O) groups is 2. The number of rotatable bonds is 6. The topological polar surface area (TPSA) is 63.6 Å². The lowest BCUT2D eigenvalue weighted by Gasteiger charge is -2.15. The molecular formula is C18H22O4. The first kappa shape index (κ1) is 16.4. The number of aryl methyl sites for hydroxylation is 1. The van der Waals surface area contributed by atoms with Crippen LogP contribution < -0.4 is 0 Å². The molecule has 1 fully saturated rings. The van der Waals surface area contributed by atoms with Crippen molar-refractivity contribution in [2.45, 2.75) is 44.8 Å². The third-order valence-corrected chi connectivity index (χ3v) is 3.85. The summed E-state index contributed by atoms with van der Waals surface area (Å²) in [6, 6.07) is 9.99. The summed E-state index contributed by atoms with van der Waals surface area (Å²) < 4.78 is 5.30. The lowest BCUT2D eigenvalue weighted by atomic mass is 10.0. The van der Waals surface area contributed by atoms with E-state index in [-0.39, 0.29) is 30.2 Å². The van der Waals surface area contributed by atoms with Crippen LogP contribution in [0, 0.1) is 5.92 Å². The van der Waals surface area contributed by atoms with E-state index in [9.17, 15) is 14.7 Å². The summed E-state index contributed by atoms with van der Waals surface area (Å²) in [5.41, 5.74) is 1.18. The monoisotopic (exact) mass is 302 g/mol. The number of carbonyl (C=O) groups excluding carboxylic acids is 2. The van der Waals surface area contributed by atoms with Gasteiger partial charge in [0, 0.05) is 25.7 Å². The Labute approximate surface area is 130 Å². The van der Waals surface area contributed by atoms with Crippen molar-refractivity contribution in [3.05, 3.63) is 48.0 Å². The van der Waals surface area contributed by atoms with E-state index in [1.54, 1.807) is 6.08 Å². The molecule has 0 amide bonds. The quantitative estimate of drug-likeness (QED) is 0.647. The Morgan fingerprint density at radius 3 is 2.68 bits per heavy atom. The maximum atomic E-state index is 11.3. The number of Topliss-reactive ketones (excluding diaryl/α,β-unsaturated/α-hetero) is 1. The van der Waals surface area contributed by atoms with Gasteiger partial charge in [0.05, 0.1) is 6.10 Å². The highest BCUT2D eigenvalue weighted by molar-refractivity contribution is 5.81. The van der Waals surface area contributed by atoms with Crippen LogP contribution in [0.2, 0.25) is 0 Å². The Kier molecular flexibility index (Phi) is 5.90. The van der Waals surface area contributed by atoms with E-state index in [0.29, 0.717) is 12.8 Å². The first-order chi connectivity index (χ1) is 10.5. The predicted octanol–water partition coefficient (Wildman–Crippen LogP) is 2.45. The number of ether oxygens (including phenoxy) is 1. The zero-order valence-electron chi connectivity index (χ0n) is 12.8. The van der Waals surface area contributed by atoms with Crippen LogP contribution in [0.15, 0.2) is 42.5 Å². The Balaban J connectivity index is 1.94. The van der Waals surface area contributed by atoms with Crippen molar-refractivity contribution >= 4 is 11.8 Å². The van der Waals surface area contributed by atoms with Crippen LogP contribution in [0.5, 0.6) is 0 Å². The van der Waals surface area contributed by atoms with E-state index in [1.165, 1.54) is 12.5 Å². The van der Waals surface area contributed by atoms with Crippen LogP contribution in [0.25, 0.3) is 0 Å². The van der Waals surface area contributed by atoms with Gasteiger partial charge < -0.3 is 9.84 Å². The molecule has 4 heteroatoms. The van der Waals surface area contributed by atoms with Crippen LogP contribution in [0.4, 0.5) is 0 Å². The van der Waals surface area contributed by atoms with E-state index < -0.39 is 6.10 Å². The molecule has 118 valence electrons. The molecule has 0 heterocycles. The molecule has 0 bridgehead atoms. The SMILES string of the molecule is CC(=O)O[C@H](/C=C/[C@H]1CC(=O)C[C@H]1O)CCc1ccccc1. The largest absolute Gasteiger partial charge is 0.458 e. The maximum absolute atomic E-state index is 11.3. The van der Waals surface area contributed by atoms with E-state index in [0.717, 1.165) is 6.42 Å². The smallest absolute Gasteiger partial charge is 0.303 e. The number of aliphatic hydroxyl groups is 1. The molecular weight excluding hydrogens is 280 g/mol. The second-order valence-electron chi connectivity index (χ2n) is 5.74. The zero-order valence-corrected chi connectivity index (χ0v) is 12.8. The van der Waals surface area contributed by atoms with E-state index >= 15 is 0 Å². The number of hydrogen-bond donors (Lipinski definition) is 1. The molecule has 0 aliphatic heterocycles. The summed E-state index contributed by atoms with van der Waals surface area (Å²) in [6.45, 7) is 1.39. The van der Waals surface area contributed by atoms with Crippen molar-refractivity contribution in [3.63, 3.8) is 0 Å². The Morgan fingerprint density at radius 1 is 1.36 bits per heavy atom. The minimum absolute atomic E-state index is 0.0791. The van der Waals surface area contributed by atoms with E-state index in [1.807, 2.05) is 36.4 Å². The van der Waals surface area contributed by atoms with Crippen molar-refractivity contribution in [1.29, 1.82) is 0 Å². The van der Waals surface area contributed by atoms with Gasteiger partial charge in [0.2, 0.25) is 0 Å². The van der Waals surface area contributed by atoms with Gasteiger partial charge in [-0.05, 0) is 24.5 Å². The number of benzene rings is 1. The molecule has 1 aliphatic rings. The van der Waals surface area contributed by atoms with Gasteiger partial charge in [0.15, 0.2) is 0 Å². The van der Waals surface area contributed by atoms with Gasteiger partial charge in [0.25, 0.3) is 0 Å². The molecule has 1 aliphatic carbocycles. The molecule has 3 atom stereocenters. The summed E-state index contributed by atoms with van der Waals surface area (Å²) in [4.78, 5) is 22.5. The number of ketones is 1. The predicted molar refractivity (Wildman–Crippen MR) is 83.2 cm³/mol. The molecule has 1 aromatic carbocycles. The van der Waals surface area contributed by atoms with Gasteiger partial charge in [-0.1, -0.05) is 36.4 Å². The fourth-order valence-corrected chi connectivity index (χ4v) is 2.69. The normalized spacial score (nSPS) is 22.9. The van der Waals surface area contributed by atoms with E-state index in [2.05, 4.69) is 0 Å². The average molecular weight is 302 g/mol. The van der Waals surface area contributed by atoms with Crippen LogP contribution in [-0.4, -0.2) is 29.1 Å². The van der Waals surface area contributed by atoms with Gasteiger partial charge in [-0.25, -0.2) is 0 Å². The molecule has 0 saturated heterocycles. The lowest BCUT2D eigenvalue weighted by Crippen LogP contribution is -2.16. The lowest BCUT2D eigenvalue weighted by molar-refractivity contribution is -0.144. The Hall–Kier alpha value is -1.94. The Morgan fingerprint density at radius 2 is 2.09 bits per heavy atom. The molecule has 4 nitrogen and oxygen atoms in total. The first-order valence-corrected chi connectivity index (χ1v) is 7.64. The molecule has 0 spiro atoms. The highest BCUT2D eigenvalue weighted by Gasteiger charge is 2.29. The summed E-state index contributed by atoms with van der Waals surface area (Å²) in [7, 11) is 0. The van der Waals surface area contributed by atoms with Crippen molar-refractivity contribution < 1.29 is 19.4 Å². The van der Waals surface area contributed by atoms with Crippen molar-refractivity contribution in [3.8, 4) is 0 Å². The van der Waals surface area contributed by atoms with Gasteiger partial charge in [0.1, 0.15) is 11.9 Å². The van der Waals surface area contributed by atoms with Crippen molar-refractivity contribution in [1.82, 2.24) is 0 Å². The number of hydrogen-bond acceptors (Lipinski definition) is 4. The van der Waals surface area contributed by atoms with Gasteiger partial charge in [-0.3, -0.25) is 9.59 Å². The highest BCUT2D eigenvalue weighted by atomic mass is 16.5. The molecule has 0 aromatic heterocycles. The van der Waals surface area contributed by atoms with Gasteiger partial charge in [-0.15, -0.1) is 0 Å². The number of esters is 1. The van der Waals surface area contributed by atoms with Crippen LogP contribution in [0.3, 0.4) is 0 Å². The van der Waals surface area contributed by atoms with Crippen LogP contribution in [0.1, 0.15) is 31.7 Å². The molecule has 2 rings (SSSR count). The van der Waals surface area contributed by atoms with Crippen LogP contribution in [-0.2, 0) is 20.7 Å². The molecule has 1 aromatic rings. The first-order valence-electron chi connectivity index (χ1n) is 7.64. The molecule has 0 radical (unpaired) electrons. The molecule has 0 unspecified atom stereocenters. The molecule has 22 heavy (non-hydrogen) atoms. The minimum atomic E-state index is -0.615. The number of aliphatic hydroxyl groups excluding tert-OH is 1. The summed E-state index contributed by atoms with van der Waals surface area (Å²) in [5.74, 6) is -0.413. The fourth-order valence-electron chi connectivity index (χ4n) is 2.69. The third-order valence-electron chi connectivity index (χ3n) is 3.85. The van der Waals surface area contributed by atoms with Gasteiger partial charge >= 0.3 is 5.97 Å². The highest BCUT2D eigenvalue weighted by Crippen LogP contribution is 2.24. The molecule has 1 saturated carbocycles. The Bertz CT molecular complexity index is 535. The zero-order chi connectivity index (χ0) is 15.9. The van der Waals surface area contributed by atoms with Crippen molar-refractivity contribution in [2.24, 2.45) is 5.92 Å². The summed E-state index contributed by atoms with van der Waals surface area (Å²) in [5, 5.41) is 9.78. The second-order valence-corrected chi connectivity index (χ2v) is 5.74. The van der Waals surface area contributed by atoms with Gasteiger partial charge in [-0.2, -0.15) is 0 Å². The standard InChI is InChI=1S/C18H22O4/c1-13(19)22-17(9-7-14-5-3-2-4-6-14)10-8-15-11-16(20)12-18(15)21/h2-6,8,10,15,17-18,21H,7,9,11-12H2,1H3/b10-8+/t15-,17-,18+/m0/s1. The average Bonchev–Trinajstić information content (AvgIpc) is 2.80. The van der Waals surface area contributed by atoms with E-state index in [4.69, 9.17) is 4.74 Å². The third kappa shape index (κ3) is 5.11. The fraction of sp³-hybridized carbons (Fsp3) is 0.444. The van der Waals surface area contributed by atoms with Crippen LogP contribution >= 0.6 is 0 Å².